The lowest BCUT2D eigenvalue weighted by molar-refractivity contribution is 0.0621. The Kier molecular flexibility index (Phi) is 5.30. The van der Waals surface area contributed by atoms with Gasteiger partial charge in [-0.05, 0) is 50.5 Å². The molecule has 0 bridgehead atoms. The minimum Gasteiger partial charge on any atom is -0.422 e. The Balaban J connectivity index is 1.39. The van der Waals surface area contributed by atoms with E-state index in [1.54, 1.807) is 13.1 Å². The minimum absolute atomic E-state index is 0.0294. The van der Waals surface area contributed by atoms with Crippen molar-refractivity contribution in [3.05, 3.63) is 54.0 Å². The third-order valence-electron chi connectivity index (χ3n) is 5.77. The van der Waals surface area contributed by atoms with Gasteiger partial charge in [0.2, 0.25) is 5.65 Å². The molecule has 1 aliphatic rings. The van der Waals surface area contributed by atoms with Crippen molar-refractivity contribution >= 4 is 23.2 Å². The third kappa shape index (κ3) is 3.81. The highest BCUT2D eigenvalue weighted by Gasteiger charge is 2.31. The van der Waals surface area contributed by atoms with Gasteiger partial charge in [0.1, 0.15) is 0 Å². The number of oxazole rings is 1. The van der Waals surface area contributed by atoms with Gasteiger partial charge in [-0.3, -0.25) is 4.79 Å². The van der Waals surface area contributed by atoms with Crippen LogP contribution >= 0.6 is 0 Å². The summed E-state index contributed by atoms with van der Waals surface area (Å²) in [6.45, 7) is 3.07. The Labute approximate surface area is 185 Å². The van der Waals surface area contributed by atoms with Gasteiger partial charge < -0.3 is 18.7 Å². The standard InChI is InChI=1S/C23H24N6O3/c1-15-25-21(32-27-15)17-9-3-4-10-18(17)22(30)29-13-6-5-8-16(29)14-28(2)23-26-20-19(31-23)11-7-12-24-20/h3-4,7,9-12,16H,5-6,8,13-14H2,1-2H3. The number of hydrogen-bond donors (Lipinski definition) is 0. The predicted molar refractivity (Wildman–Crippen MR) is 118 cm³/mol. The first-order valence-electron chi connectivity index (χ1n) is 10.7. The Morgan fingerprint density at radius 2 is 2.06 bits per heavy atom. The number of hydrogen-bond acceptors (Lipinski definition) is 8. The summed E-state index contributed by atoms with van der Waals surface area (Å²) in [4.78, 5) is 30.6. The number of rotatable bonds is 5. The Morgan fingerprint density at radius 3 is 2.88 bits per heavy atom. The van der Waals surface area contributed by atoms with Crippen LogP contribution in [0.2, 0.25) is 0 Å². The van der Waals surface area contributed by atoms with Gasteiger partial charge in [0, 0.05) is 32.4 Å². The number of anilines is 1. The number of pyridine rings is 1. The Bertz CT molecular complexity index is 1220. The summed E-state index contributed by atoms with van der Waals surface area (Å²) in [6.07, 6.45) is 4.65. The van der Waals surface area contributed by atoms with Crippen molar-refractivity contribution in [1.29, 1.82) is 0 Å². The highest BCUT2D eigenvalue weighted by molar-refractivity contribution is 6.00. The summed E-state index contributed by atoms with van der Waals surface area (Å²) in [5, 5.41) is 3.87. The zero-order chi connectivity index (χ0) is 22.1. The fourth-order valence-corrected chi connectivity index (χ4v) is 4.19. The number of likely N-dealkylation sites (N-methyl/N-ethyl adjacent to an activating group) is 1. The fourth-order valence-electron chi connectivity index (χ4n) is 4.19. The number of nitrogens with zero attached hydrogens (tertiary/aromatic N) is 6. The van der Waals surface area contributed by atoms with Crippen LogP contribution in [0.15, 0.2) is 51.5 Å². The van der Waals surface area contributed by atoms with Crippen LogP contribution in [-0.2, 0) is 0 Å². The molecule has 1 fully saturated rings. The molecule has 5 rings (SSSR count). The SMILES string of the molecule is Cc1noc(-c2ccccc2C(=O)N2CCCCC2CN(C)c2nc3ncccc3o2)n1. The number of fused-ring (bicyclic) bond motifs is 1. The van der Waals surface area contributed by atoms with Gasteiger partial charge in [0.25, 0.3) is 17.8 Å². The average molecular weight is 432 g/mol. The van der Waals surface area contributed by atoms with Crippen molar-refractivity contribution in [3.63, 3.8) is 0 Å². The second-order valence-corrected chi connectivity index (χ2v) is 8.04. The monoisotopic (exact) mass is 432 g/mol. The predicted octanol–water partition coefficient (Wildman–Crippen LogP) is 3.71. The highest BCUT2D eigenvalue weighted by Crippen LogP contribution is 2.28. The van der Waals surface area contributed by atoms with Gasteiger partial charge in [-0.25, -0.2) is 4.98 Å². The molecular weight excluding hydrogens is 408 g/mol. The van der Waals surface area contributed by atoms with E-state index in [1.807, 2.05) is 53.2 Å². The summed E-state index contributed by atoms with van der Waals surface area (Å²) >= 11 is 0. The maximum Gasteiger partial charge on any atom is 0.299 e. The Morgan fingerprint density at radius 1 is 1.19 bits per heavy atom. The molecule has 3 aromatic heterocycles. The zero-order valence-electron chi connectivity index (χ0n) is 18.1. The van der Waals surface area contributed by atoms with Crippen molar-refractivity contribution in [2.75, 3.05) is 25.0 Å². The molecule has 0 N–H and O–H groups in total. The molecule has 1 atom stereocenters. The topological polar surface area (TPSA) is 101 Å². The van der Waals surface area contributed by atoms with Crippen LogP contribution in [0.3, 0.4) is 0 Å². The Hall–Kier alpha value is -3.75. The lowest BCUT2D eigenvalue weighted by Gasteiger charge is -2.37. The van der Waals surface area contributed by atoms with E-state index in [9.17, 15) is 4.79 Å². The molecule has 1 aliphatic heterocycles. The molecule has 1 aromatic carbocycles. The van der Waals surface area contributed by atoms with Crippen LogP contribution in [0, 0.1) is 6.92 Å². The molecule has 164 valence electrons. The molecule has 32 heavy (non-hydrogen) atoms. The lowest BCUT2D eigenvalue weighted by atomic mass is 9.98. The van der Waals surface area contributed by atoms with Crippen LogP contribution in [0.1, 0.15) is 35.4 Å². The number of carbonyl (C=O) groups is 1. The largest absolute Gasteiger partial charge is 0.422 e. The molecule has 0 aliphatic carbocycles. The molecule has 9 nitrogen and oxygen atoms in total. The van der Waals surface area contributed by atoms with Gasteiger partial charge in [0.15, 0.2) is 11.4 Å². The summed E-state index contributed by atoms with van der Waals surface area (Å²) < 4.78 is 11.2. The maximum absolute atomic E-state index is 13.6. The number of aromatic nitrogens is 4. The number of benzene rings is 1. The first-order valence-corrected chi connectivity index (χ1v) is 10.7. The molecule has 1 amide bonds. The zero-order valence-corrected chi connectivity index (χ0v) is 18.1. The number of piperidine rings is 1. The molecule has 4 heterocycles. The van der Waals surface area contributed by atoms with Crippen molar-refractivity contribution in [2.24, 2.45) is 0 Å². The second kappa shape index (κ2) is 8.41. The van der Waals surface area contributed by atoms with Crippen LogP contribution < -0.4 is 4.90 Å². The molecule has 0 spiro atoms. The van der Waals surface area contributed by atoms with Gasteiger partial charge in [-0.15, -0.1) is 0 Å². The fraction of sp³-hybridized carbons (Fsp3) is 0.348. The molecule has 9 heteroatoms. The van der Waals surface area contributed by atoms with E-state index in [4.69, 9.17) is 8.94 Å². The van der Waals surface area contributed by atoms with Crippen LogP contribution in [0.5, 0.6) is 0 Å². The molecule has 0 saturated carbocycles. The number of amides is 1. The highest BCUT2D eigenvalue weighted by atomic mass is 16.5. The summed E-state index contributed by atoms with van der Waals surface area (Å²) in [5.74, 6) is 0.859. The van der Waals surface area contributed by atoms with Crippen LogP contribution in [0.25, 0.3) is 22.7 Å². The van der Waals surface area contributed by atoms with E-state index in [-0.39, 0.29) is 11.9 Å². The third-order valence-corrected chi connectivity index (χ3v) is 5.77. The van der Waals surface area contributed by atoms with E-state index in [2.05, 4.69) is 20.1 Å². The second-order valence-electron chi connectivity index (χ2n) is 8.04. The van der Waals surface area contributed by atoms with E-state index in [1.165, 1.54) is 0 Å². The smallest absolute Gasteiger partial charge is 0.299 e. The average Bonchev–Trinajstić information content (AvgIpc) is 3.45. The first-order chi connectivity index (χ1) is 15.6. The van der Waals surface area contributed by atoms with Gasteiger partial charge in [-0.1, -0.05) is 17.3 Å². The van der Waals surface area contributed by atoms with Gasteiger partial charge in [0.05, 0.1) is 11.1 Å². The summed E-state index contributed by atoms with van der Waals surface area (Å²) in [7, 11) is 1.93. The lowest BCUT2D eigenvalue weighted by Crippen LogP contribution is -2.49. The number of likely N-dealkylation sites (tertiary alicyclic amines) is 1. The summed E-state index contributed by atoms with van der Waals surface area (Å²) in [5.41, 5.74) is 2.45. The molecular formula is C23H24N6O3. The number of aryl methyl sites for hydroxylation is 1. The number of carbonyl (C=O) groups excluding carboxylic acids is 1. The normalized spacial score (nSPS) is 16.4. The van der Waals surface area contributed by atoms with E-state index < -0.39 is 0 Å². The van der Waals surface area contributed by atoms with E-state index >= 15 is 0 Å². The first kappa shape index (κ1) is 20.2. The maximum atomic E-state index is 13.6. The minimum atomic E-state index is -0.0335. The summed E-state index contributed by atoms with van der Waals surface area (Å²) in [6, 6.07) is 11.6. The van der Waals surface area contributed by atoms with Crippen molar-refractivity contribution in [1.82, 2.24) is 25.0 Å². The van der Waals surface area contributed by atoms with Crippen molar-refractivity contribution in [3.8, 4) is 11.5 Å². The molecule has 0 radical (unpaired) electrons. The van der Waals surface area contributed by atoms with Crippen molar-refractivity contribution < 1.29 is 13.7 Å². The molecule has 1 saturated heterocycles. The van der Waals surface area contributed by atoms with Gasteiger partial charge in [-0.2, -0.15) is 9.97 Å². The van der Waals surface area contributed by atoms with E-state index in [0.717, 1.165) is 19.3 Å². The van der Waals surface area contributed by atoms with Gasteiger partial charge >= 0.3 is 0 Å². The molecule has 4 aromatic rings. The van der Waals surface area contributed by atoms with Crippen LogP contribution in [0.4, 0.5) is 6.01 Å². The quantitative estimate of drug-likeness (QED) is 0.470. The van der Waals surface area contributed by atoms with Crippen molar-refractivity contribution in [2.45, 2.75) is 32.2 Å². The van der Waals surface area contributed by atoms with E-state index in [0.29, 0.717) is 53.2 Å². The molecule has 1 unspecified atom stereocenters. The van der Waals surface area contributed by atoms with Crippen LogP contribution in [-0.4, -0.2) is 57.1 Å².